The Morgan fingerprint density at radius 1 is 1.44 bits per heavy atom. The second kappa shape index (κ2) is 6.24. The van der Waals surface area contributed by atoms with Gasteiger partial charge in [0, 0.05) is 16.7 Å². The molecular weight excluding hydrogens is 288 g/mol. The van der Waals surface area contributed by atoms with Gasteiger partial charge in [-0.05, 0) is 58.8 Å². The Morgan fingerprint density at radius 2 is 2.28 bits per heavy atom. The van der Waals surface area contributed by atoms with Crippen molar-refractivity contribution in [2.75, 3.05) is 11.9 Å². The molecule has 96 valence electrons. The van der Waals surface area contributed by atoms with Crippen molar-refractivity contribution in [3.8, 4) is 6.07 Å². The summed E-state index contributed by atoms with van der Waals surface area (Å²) in [6.07, 6.45) is 5.43. The molecule has 0 radical (unpaired) electrons. The minimum atomic E-state index is 0.687. The summed E-state index contributed by atoms with van der Waals surface area (Å²) in [6.45, 7) is 3.40. The Kier molecular flexibility index (Phi) is 4.66. The van der Waals surface area contributed by atoms with E-state index in [1.807, 2.05) is 18.2 Å². The molecule has 0 saturated heterocycles. The molecule has 2 atom stereocenters. The Hall–Kier alpha value is -1.01. The molecule has 1 fully saturated rings. The fourth-order valence-corrected chi connectivity index (χ4v) is 3.19. The Morgan fingerprint density at radius 3 is 2.94 bits per heavy atom. The number of nitriles is 1. The van der Waals surface area contributed by atoms with Gasteiger partial charge < -0.3 is 5.32 Å². The van der Waals surface area contributed by atoms with Crippen LogP contribution >= 0.6 is 15.9 Å². The van der Waals surface area contributed by atoms with E-state index in [2.05, 4.69) is 34.2 Å². The summed E-state index contributed by atoms with van der Waals surface area (Å²) in [6, 6.07) is 7.99. The van der Waals surface area contributed by atoms with Crippen LogP contribution in [0.25, 0.3) is 0 Å². The summed E-state index contributed by atoms with van der Waals surface area (Å²) in [4.78, 5) is 0. The van der Waals surface area contributed by atoms with Gasteiger partial charge in [-0.15, -0.1) is 0 Å². The Labute approximate surface area is 118 Å². The number of anilines is 1. The molecule has 0 heterocycles. The third-order valence-corrected chi connectivity index (χ3v) is 4.39. The van der Waals surface area contributed by atoms with E-state index in [9.17, 15) is 0 Å². The fraction of sp³-hybridized carbons (Fsp3) is 0.533. The van der Waals surface area contributed by atoms with E-state index in [1.165, 1.54) is 25.7 Å². The van der Waals surface area contributed by atoms with Crippen LogP contribution in [0, 0.1) is 23.2 Å². The van der Waals surface area contributed by atoms with Crippen LogP contribution in [-0.2, 0) is 0 Å². The minimum absolute atomic E-state index is 0.687. The first-order valence-corrected chi connectivity index (χ1v) is 7.42. The molecule has 2 rings (SSSR count). The standard InChI is InChI=1S/C15H19BrN2/c1-11-3-2-4-12(7-11)10-18-14-6-5-13(9-17)15(16)8-14/h5-6,8,11-12,18H,2-4,7,10H2,1H3. The van der Waals surface area contributed by atoms with Gasteiger partial charge in [-0.1, -0.05) is 19.8 Å². The highest BCUT2D eigenvalue weighted by Crippen LogP contribution is 2.29. The highest BCUT2D eigenvalue weighted by molar-refractivity contribution is 9.10. The van der Waals surface area contributed by atoms with Crippen molar-refractivity contribution in [3.05, 3.63) is 28.2 Å². The van der Waals surface area contributed by atoms with E-state index < -0.39 is 0 Å². The summed E-state index contributed by atoms with van der Waals surface area (Å²) in [7, 11) is 0. The van der Waals surface area contributed by atoms with Crippen LogP contribution < -0.4 is 5.32 Å². The highest BCUT2D eigenvalue weighted by Gasteiger charge is 2.18. The van der Waals surface area contributed by atoms with E-state index in [-0.39, 0.29) is 0 Å². The normalized spacial score (nSPS) is 23.4. The van der Waals surface area contributed by atoms with Crippen molar-refractivity contribution in [1.29, 1.82) is 5.26 Å². The second-order valence-corrected chi connectivity index (χ2v) is 6.18. The first kappa shape index (κ1) is 13.4. The number of rotatable bonds is 3. The molecule has 0 aromatic heterocycles. The third-order valence-electron chi connectivity index (χ3n) is 3.73. The van der Waals surface area contributed by atoms with Crippen molar-refractivity contribution < 1.29 is 0 Å². The molecule has 1 N–H and O–H groups in total. The van der Waals surface area contributed by atoms with Crippen molar-refractivity contribution >= 4 is 21.6 Å². The molecule has 0 aliphatic heterocycles. The van der Waals surface area contributed by atoms with Crippen molar-refractivity contribution in [3.63, 3.8) is 0 Å². The van der Waals surface area contributed by atoms with Gasteiger partial charge in [-0.25, -0.2) is 0 Å². The van der Waals surface area contributed by atoms with Crippen LogP contribution in [0.1, 0.15) is 38.2 Å². The third kappa shape index (κ3) is 3.49. The zero-order valence-corrected chi connectivity index (χ0v) is 12.3. The number of benzene rings is 1. The molecule has 1 aliphatic rings. The van der Waals surface area contributed by atoms with E-state index in [1.54, 1.807) is 0 Å². The number of hydrogen-bond donors (Lipinski definition) is 1. The highest BCUT2D eigenvalue weighted by atomic mass is 79.9. The molecule has 0 bridgehead atoms. The first-order chi connectivity index (χ1) is 8.69. The molecule has 0 amide bonds. The Bertz CT molecular complexity index is 450. The maximum atomic E-state index is 8.87. The van der Waals surface area contributed by atoms with Gasteiger partial charge in [0.1, 0.15) is 6.07 Å². The SMILES string of the molecule is CC1CCCC(CNc2ccc(C#N)c(Br)c2)C1. The summed E-state index contributed by atoms with van der Waals surface area (Å²) in [5.74, 6) is 1.67. The van der Waals surface area contributed by atoms with Crippen molar-refractivity contribution in [1.82, 2.24) is 0 Å². The van der Waals surface area contributed by atoms with Crippen LogP contribution in [0.4, 0.5) is 5.69 Å². The van der Waals surface area contributed by atoms with Gasteiger partial charge in [-0.2, -0.15) is 5.26 Å². The minimum Gasteiger partial charge on any atom is -0.385 e. The number of hydrogen-bond acceptors (Lipinski definition) is 2. The van der Waals surface area contributed by atoms with Crippen molar-refractivity contribution in [2.45, 2.75) is 32.6 Å². The molecular formula is C15H19BrN2. The summed E-state index contributed by atoms with van der Waals surface area (Å²) in [5.41, 5.74) is 1.78. The van der Waals surface area contributed by atoms with Crippen molar-refractivity contribution in [2.24, 2.45) is 11.8 Å². The molecule has 0 spiro atoms. The van der Waals surface area contributed by atoms with Crippen LogP contribution in [0.15, 0.2) is 22.7 Å². The smallest absolute Gasteiger partial charge is 0.100 e. The van der Waals surface area contributed by atoms with Crippen LogP contribution in [0.2, 0.25) is 0 Å². The lowest BCUT2D eigenvalue weighted by Gasteiger charge is -2.27. The molecule has 1 aliphatic carbocycles. The summed E-state index contributed by atoms with van der Waals surface area (Å²) < 4.78 is 0.868. The van der Waals surface area contributed by atoms with E-state index >= 15 is 0 Å². The zero-order chi connectivity index (χ0) is 13.0. The molecule has 2 nitrogen and oxygen atoms in total. The van der Waals surface area contributed by atoms with Gasteiger partial charge in [0.05, 0.1) is 5.56 Å². The molecule has 1 aromatic carbocycles. The van der Waals surface area contributed by atoms with Gasteiger partial charge in [-0.3, -0.25) is 0 Å². The average molecular weight is 307 g/mol. The fourth-order valence-electron chi connectivity index (χ4n) is 2.72. The molecule has 3 heteroatoms. The monoisotopic (exact) mass is 306 g/mol. The molecule has 1 aromatic rings. The van der Waals surface area contributed by atoms with Gasteiger partial charge in [0.25, 0.3) is 0 Å². The largest absolute Gasteiger partial charge is 0.385 e. The van der Waals surface area contributed by atoms with Crippen LogP contribution in [0.5, 0.6) is 0 Å². The predicted octanol–water partition coefficient (Wildman–Crippen LogP) is 4.56. The first-order valence-electron chi connectivity index (χ1n) is 6.62. The molecule has 2 unspecified atom stereocenters. The zero-order valence-electron chi connectivity index (χ0n) is 10.7. The second-order valence-electron chi connectivity index (χ2n) is 5.33. The van der Waals surface area contributed by atoms with Crippen LogP contribution in [-0.4, -0.2) is 6.54 Å². The van der Waals surface area contributed by atoms with E-state index in [0.717, 1.165) is 28.5 Å². The lowest BCUT2D eigenvalue weighted by molar-refractivity contribution is 0.293. The molecule has 18 heavy (non-hydrogen) atoms. The predicted molar refractivity (Wildman–Crippen MR) is 78.5 cm³/mol. The Balaban J connectivity index is 1.90. The van der Waals surface area contributed by atoms with Gasteiger partial charge in [0.15, 0.2) is 0 Å². The van der Waals surface area contributed by atoms with Gasteiger partial charge in [0.2, 0.25) is 0 Å². The maximum Gasteiger partial charge on any atom is 0.100 e. The van der Waals surface area contributed by atoms with Gasteiger partial charge >= 0.3 is 0 Å². The van der Waals surface area contributed by atoms with Crippen LogP contribution in [0.3, 0.4) is 0 Å². The topological polar surface area (TPSA) is 35.8 Å². The van der Waals surface area contributed by atoms with E-state index in [0.29, 0.717) is 5.56 Å². The number of nitrogens with zero attached hydrogens (tertiary/aromatic N) is 1. The summed E-state index contributed by atoms with van der Waals surface area (Å²) >= 11 is 3.42. The lowest BCUT2D eigenvalue weighted by Crippen LogP contribution is -2.20. The lowest BCUT2D eigenvalue weighted by atomic mass is 9.82. The number of halogens is 1. The maximum absolute atomic E-state index is 8.87. The average Bonchev–Trinajstić information content (AvgIpc) is 2.37. The molecule has 1 saturated carbocycles. The number of nitrogens with one attached hydrogen (secondary N) is 1. The van der Waals surface area contributed by atoms with E-state index in [4.69, 9.17) is 5.26 Å². The summed E-state index contributed by atoms with van der Waals surface area (Å²) in [5, 5.41) is 12.4. The quantitative estimate of drug-likeness (QED) is 0.888.